The second-order valence-electron chi connectivity index (χ2n) is 9.32. The molecule has 0 aromatic heterocycles. The Bertz CT molecular complexity index is 681. The lowest BCUT2D eigenvalue weighted by atomic mass is 9.47. The van der Waals surface area contributed by atoms with Gasteiger partial charge in [0.25, 0.3) is 0 Å². The van der Waals surface area contributed by atoms with E-state index in [-0.39, 0.29) is 34.3 Å². The van der Waals surface area contributed by atoms with Crippen molar-refractivity contribution >= 4 is 17.5 Å². The predicted octanol–water partition coefficient (Wildman–Crippen LogP) is 3.20. The summed E-state index contributed by atoms with van der Waals surface area (Å²) < 4.78 is 0. The summed E-state index contributed by atoms with van der Waals surface area (Å²) in [5.41, 5.74) is 1.38. The van der Waals surface area contributed by atoms with Crippen LogP contribution in [-0.2, 0) is 14.4 Å². The van der Waals surface area contributed by atoms with Gasteiger partial charge in [0.1, 0.15) is 0 Å². The van der Waals surface area contributed by atoms with E-state index in [0.717, 1.165) is 32.1 Å². The Morgan fingerprint density at radius 3 is 2.60 bits per heavy atom. The Kier molecular flexibility index (Phi) is 3.75. The number of hydrogen-bond acceptors (Lipinski definition) is 3. The van der Waals surface area contributed by atoms with Crippen LogP contribution in [0.25, 0.3) is 0 Å². The smallest absolute Gasteiger partial charge is 0.217 e. The minimum Gasteiger partial charge on any atom is -0.346 e. The molecule has 0 spiro atoms. The third kappa shape index (κ3) is 2.36. The molecular weight excluding hydrogens is 314 g/mol. The quantitative estimate of drug-likeness (QED) is 0.795. The van der Waals surface area contributed by atoms with E-state index in [4.69, 9.17) is 0 Å². The zero-order valence-corrected chi connectivity index (χ0v) is 15.6. The van der Waals surface area contributed by atoms with Gasteiger partial charge in [-0.05, 0) is 66.8 Å². The third-order valence-electron chi connectivity index (χ3n) is 8.15. The first kappa shape index (κ1) is 17.0. The molecule has 0 aromatic rings. The van der Waals surface area contributed by atoms with Crippen molar-refractivity contribution in [1.82, 2.24) is 5.32 Å². The number of amides is 1. The van der Waals surface area contributed by atoms with Crippen LogP contribution in [0.5, 0.6) is 0 Å². The first-order valence-electron chi connectivity index (χ1n) is 9.79. The van der Waals surface area contributed by atoms with Gasteiger partial charge in [0, 0.05) is 19.8 Å². The van der Waals surface area contributed by atoms with Crippen LogP contribution in [0.4, 0.5) is 0 Å². The van der Waals surface area contributed by atoms with Crippen LogP contribution in [-0.4, -0.2) is 23.5 Å². The number of rotatable bonds is 1. The first-order valence-corrected chi connectivity index (χ1v) is 9.79. The molecule has 4 nitrogen and oxygen atoms in total. The monoisotopic (exact) mass is 343 g/mol. The summed E-state index contributed by atoms with van der Waals surface area (Å²) in [6, 6.07) is -0.311. The average Bonchev–Trinajstić information content (AvgIpc) is 2.79. The fraction of sp³-hybridized carbons (Fsp3) is 0.762. The van der Waals surface area contributed by atoms with Gasteiger partial charge in [-0.1, -0.05) is 19.4 Å². The van der Waals surface area contributed by atoms with Crippen molar-refractivity contribution < 1.29 is 14.4 Å². The minimum absolute atomic E-state index is 0.103. The Morgan fingerprint density at radius 1 is 1.12 bits per heavy atom. The summed E-state index contributed by atoms with van der Waals surface area (Å²) in [4.78, 5) is 36.2. The van der Waals surface area contributed by atoms with Crippen LogP contribution in [0.3, 0.4) is 0 Å². The van der Waals surface area contributed by atoms with Gasteiger partial charge in [-0.2, -0.15) is 0 Å². The summed E-state index contributed by atoms with van der Waals surface area (Å²) in [5, 5.41) is 2.95. The number of nitrogens with one attached hydrogen (secondary N) is 1. The summed E-state index contributed by atoms with van der Waals surface area (Å²) in [7, 11) is 0. The molecule has 4 heteroatoms. The van der Waals surface area contributed by atoms with E-state index in [2.05, 4.69) is 19.2 Å². The van der Waals surface area contributed by atoms with E-state index < -0.39 is 0 Å². The van der Waals surface area contributed by atoms with Crippen LogP contribution >= 0.6 is 0 Å². The molecule has 25 heavy (non-hydrogen) atoms. The van der Waals surface area contributed by atoms with E-state index in [1.165, 1.54) is 12.5 Å². The zero-order valence-electron chi connectivity index (χ0n) is 15.6. The van der Waals surface area contributed by atoms with Gasteiger partial charge in [-0.15, -0.1) is 0 Å². The average molecular weight is 343 g/mol. The van der Waals surface area contributed by atoms with E-state index >= 15 is 0 Å². The molecule has 4 rings (SSSR count). The summed E-state index contributed by atoms with van der Waals surface area (Å²) in [5.74, 6) is 1.88. The van der Waals surface area contributed by atoms with Crippen molar-refractivity contribution in [2.24, 2.45) is 28.6 Å². The van der Waals surface area contributed by atoms with Crippen molar-refractivity contribution in [3.05, 3.63) is 11.6 Å². The first-order chi connectivity index (χ1) is 11.8. The summed E-state index contributed by atoms with van der Waals surface area (Å²) in [6.45, 7) is 6.08. The molecule has 6 atom stereocenters. The number of carbonyl (C=O) groups is 3. The molecule has 0 heterocycles. The van der Waals surface area contributed by atoms with Crippen molar-refractivity contribution in [3.63, 3.8) is 0 Å². The van der Waals surface area contributed by atoms with Gasteiger partial charge in [-0.3, -0.25) is 14.4 Å². The fourth-order valence-corrected chi connectivity index (χ4v) is 6.80. The van der Waals surface area contributed by atoms with Gasteiger partial charge in [0.2, 0.25) is 5.91 Å². The maximum Gasteiger partial charge on any atom is 0.217 e. The number of ketones is 2. The SMILES string of the molecule is CC(=O)N[C@H]1C(=O)C[C@@H]2[C@@H]3CCC4=CC(=O)CC[C@]4(C)[C@@H]3CC[C@@]21C. The van der Waals surface area contributed by atoms with E-state index in [0.29, 0.717) is 30.6 Å². The van der Waals surface area contributed by atoms with Crippen molar-refractivity contribution in [2.75, 3.05) is 0 Å². The Labute approximate surface area is 149 Å². The summed E-state index contributed by atoms with van der Waals surface area (Å²) in [6.07, 6.45) is 8.33. The highest BCUT2D eigenvalue weighted by molar-refractivity contribution is 5.92. The molecule has 3 fully saturated rings. The second-order valence-corrected chi connectivity index (χ2v) is 9.32. The lowest BCUT2D eigenvalue weighted by molar-refractivity contribution is -0.127. The number of Topliss-reactive ketones (excluding diaryl/α,β-unsaturated/α-hetero) is 1. The topological polar surface area (TPSA) is 63.2 Å². The minimum atomic E-state index is -0.311. The molecular formula is C21H29NO3. The maximum absolute atomic E-state index is 12.7. The normalized spacial score (nSPS) is 46.0. The molecule has 0 bridgehead atoms. The molecule has 4 aliphatic rings. The second kappa shape index (κ2) is 5.52. The standard InChI is InChI=1S/C21H29NO3/c1-12(23)22-19-18(25)11-17-15-5-4-13-10-14(24)6-8-20(13,2)16(15)7-9-21(17,19)3/h10,15-17,19H,4-9,11H2,1-3H3,(H,22,23)/t15-,16-,17-,19+,20+,21+/m1/s1. The van der Waals surface area contributed by atoms with Crippen LogP contribution in [0.15, 0.2) is 11.6 Å². The zero-order chi connectivity index (χ0) is 18.0. The molecule has 0 aromatic carbocycles. The van der Waals surface area contributed by atoms with Crippen molar-refractivity contribution in [2.45, 2.75) is 71.8 Å². The van der Waals surface area contributed by atoms with Crippen LogP contribution in [0, 0.1) is 28.6 Å². The third-order valence-corrected chi connectivity index (χ3v) is 8.15. The van der Waals surface area contributed by atoms with Crippen molar-refractivity contribution in [3.8, 4) is 0 Å². The van der Waals surface area contributed by atoms with Crippen LogP contribution < -0.4 is 5.32 Å². The molecule has 0 aliphatic heterocycles. The Hall–Kier alpha value is -1.45. The largest absolute Gasteiger partial charge is 0.346 e. The molecule has 0 radical (unpaired) electrons. The van der Waals surface area contributed by atoms with Gasteiger partial charge >= 0.3 is 0 Å². The van der Waals surface area contributed by atoms with Gasteiger partial charge in [-0.25, -0.2) is 0 Å². The summed E-state index contributed by atoms with van der Waals surface area (Å²) >= 11 is 0. The van der Waals surface area contributed by atoms with Gasteiger partial charge < -0.3 is 5.32 Å². The highest BCUT2D eigenvalue weighted by Gasteiger charge is 2.61. The fourth-order valence-electron chi connectivity index (χ4n) is 6.80. The van der Waals surface area contributed by atoms with Crippen LogP contribution in [0.1, 0.15) is 65.7 Å². The number of fused-ring (bicyclic) bond motifs is 5. The lowest BCUT2D eigenvalue weighted by Gasteiger charge is -2.57. The maximum atomic E-state index is 12.7. The molecule has 4 aliphatic carbocycles. The van der Waals surface area contributed by atoms with Gasteiger partial charge in [0.05, 0.1) is 6.04 Å². The van der Waals surface area contributed by atoms with Crippen LogP contribution in [0.2, 0.25) is 0 Å². The highest BCUT2D eigenvalue weighted by atomic mass is 16.2. The molecule has 0 saturated heterocycles. The molecule has 136 valence electrons. The predicted molar refractivity (Wildman–Crippen MR) is 94.7 cm³/mol. The Morgan fingerprint density at radius 2 is 1.88 bits per heavy atom. The molecule has 3 saturated carbocycles. The molecule has 1 amide bonds. The molecule has 0 unspecified atom stereocenters. The Balaban J connectivity index is 1.66. The van der Waals surface area contributed by atoms with Crippen molar-refractivity contribution in [1.29, 1.82) is 0 Å². The molecule has 1 N–H and O–H groups in total. The highest BCUT2D eigenvalue weighted by Crippen LogP contribution is 2.64. The lowest BCUT2D eigenvalue weighted by Crippen LogP contribution is -2.54. The van der Waals surface area contributed by atoms with E-state index in [9.17, 15) is 14.4 Å². The van der Waals surface area contributed by atoms with E-state index in [1.807, 2.05) is 6.08 Å². The number of hydrogen-bond donors (Lipinski definition) is 1. The van der Waals surface area contributed by atoms with Gasteiger partial charge in [0.15, 0.2) is 11.6 Å². The van der Waals surface area contributed by atoms with E-state index in [1.54, 1.807) is 0 Å². The number of carbonyl (C=O) groups excluding carboxylic acids is 3. The number of allylic oxidation sites excluding steroid dienone is 1.